The van der Waals surface area contributed by atoms with Crippen molar-refractivity contribution in [2.75, 3.05) is 0 Å². The quantitative estimate of drug-likeness (QED) is 0.650. The second-order valence-corrected chi connectivity index (χ2v) is 3.59. The van der Waals surface area contributed by atoms with Crippen molar-refractivity contribution >= 4 is 27.6 Å². The second kappa shape index (κ2) is 2.68. The molecule has 2 rings (SSSR count). The van der Waals surface area contributed by atoms with Crippen LogP contribution in [0.15, 0.2) is 24.3 Å². The first-order chi connectivity index (χ1) is 5.79. The van der Waals surface area contributed by atoms with Crippen LogP contribution in [0.4, 0.5) is 4.39 Å². The summed E-state index contributed by atoms with van der Waals surface area (Å²) in [6.07, 6.45) is 1.28. The largest absolute Gasteiger partial charge is 0.307 e. The lowest BCUT2D eigenvalue weighted by atomic mass is 10.2. The van der Waals surface area contributed by atoms with Crippen molar-refractivity contribution in [3.05, 3.63) is 35.0 Å². The molecule has 0 aliphatic rings. The highest BCUT2D eigenvalue weighted by molar-refractivity contribution is 7.20. The van der Waals surface area contributed by atoms with Gasteiger partial charge in [-0.25, -0.2) is 4.39 Å². The highest BCUT2D eigenvalue weighted by atomic mass is 32.1. The zero-order valence-electron chi connectivity index (χ0n) is 6.17. The van der Waals surface area contributed by atoms with Crippen LogP contribution in [0.2, 0.25) is 0 Å². The lowest BCUT2D eigenvalue weighted by molar-refractivity contribution is 0.630. The normalized spacial score (nSPS) is 10.4. The predicted octanol–water partition coefficient (Wildman–Crippen LogP) is 3.04. The fourth-order valence-corrected chi connectivity index (χ4v) is 1.98. The summed E-state index contributed by atoms with van der Waals surface area (Å²) in [5, 5.41) is 7.90. The molecule has 0 fully saturated rings. The zero-order valence-corrected chi connectivity index (χ0v) is 6.99. The van der Waals surface area contributed by atoms with Crippen LogP contribution < -0.4 is 0 Å². The van der Waals surface area contributed by atoms with E-state index in [2.05, 4.69) is 0 Å². The number of hydrogen-bond acceptors (Lipinski definition) is 2. The molecule has 0 bridgehead atoms. The third-order valence-corrected chi connectivity index (χ3v) is 2.70. The van der Waals surface area contributed by atoms with Gasteiger partial charge in [0.25, 0.3) is 0 Å². The summed E-state index contributed by atoms with van der Waals surface area (Å²) in [5.41, 5.74) is 0. The molecule has 0 aliphatic carbocycles. The van der Waals surface area contributed by atoms with Crippen molar-refractivity contribution in [2.24, 2.45) is 0 Å². The highest BCUT2D eigenvalue weighted by Gasteiger charge is 1.99. The van der Waals surface area contributed by atoms with Gasteiger partial charge < -0.3 is 5.41 Å². The van der Waals surface area contributed by atoms with Gasteiger partial charge in [0.2, 0.25) is 0 Å². The van der Waals surface area contributed by atoms with Gasteiger partial charge in [-0.05, 0) is 29.7 Å². The summed E-state index contributed by atoms with van der Waals surface area (Å²) in [6.45, 7) is 0. The Kier molecular flexibility index (Phi) is 1.66. The minimum Gasteiger partial charge on any atom is -0.307 e. The molecule has 0 saturated heterocycles. The fraction of sp³-hybridized carbons (Fsp3) is 0. The minimum atomic E-state index is -0.225. The minimum absolute atomic E-state index is 0.225. The molecule has 0 amide bonds. The Labute approximate surface area is 73.0 Å². The SMILES string of the molecule is N=Cc1cc2cc(F)ccc2s1. The van der Waals surface area contributed by atoms with E-state index in [1.165, 1.54) is 29.7 Å². The molecule has 12 heavy (non-hydrogen) atoms. The Balaban J connectivity index is 2.75. The molecular formula is C9H6FNS. The summed E-state index contributed by atoms with van der Waals surface area (Å²) in [7, 11) is 0. The monoisotopic (exact) mass is 179 g/mol. The van der Waals surface area contributed by atoms with E-state index in [4.69, 9.17) is 5.41 Å². The van der Waals surface area contributed by atoms with Gasteiger partial charge in [-0.3, -0.25) is 0 Å². The number of halogens is 1. The first kappa shape index (κ1) is 7.43. The first-order valence-electron chi connectivity index (χ1n) is 3.49. The maximum absolute atomic E-state index is 12.7. The van der Waals surface area contributed by atoms with E-state index in [1.807, 2.05) is 6.07 Å². The standard InChI is InChI=1S/C9H6FNS/c10-7-1-2-9-6(3-7)4-8(5-11)12-9/h1-5,11H. The Hall–Kier alpha value is -1.22. The topological polar surface area (TPSA) is 23.9 Å². The molecule has 1 N–H and O–H groups in total. The number of hydrogen-bond donors (Lipinski definition) is 1. The molecule has 1 heterocycles. The second-order valence-electron chi connectivity index (χ2n) is 2.48. The Morgan fingerprint density at radius 2 is 2.17 bits per heavy atom. The van der Waals surface area contributed by atoms with E-state index in [0.717, 1.165) is 15.0 Å². The molecule has 0 saturated carbocycles. The van der Waals surface area contributed by atoms with Gasteiger partial charge in [-0.2, -0.15) is 0 Å². The van der Waals surface area contributed by atoms with Crippen LogP contribution in [0, 0.1) is 11.2 Å². The van der Waals surface area contributed by atoms with Crippen molar-refractivity contribution < 1.29 is 4.39 Å². The van der Waals surface area contributed by atoms with Crippen molar-refractivity contribution in [3.63, 3.8) is 0 Å². The molecule has 0 radical (unpaired) electrons. The molecule has 0 aliphatic heterocycles. The molecule has 1 aromatic carbocycles. The molecule has 0 atom stereocenters. The van der Waals surface area contributed by atoms with Crippen LogP contribution in [0.3, 0.4) is 0 Å². The summed E-state index contributed by atoms with van der Waals surface area (Å²) in [4.78, 5) is 0.857. The molecule has 0 unspecified atom stereocenters. The maximum Gasteiger partial charge on any atom is 0.123 e. The van der Waals surface area contributed by atoms with E-state index in [1.54, 1.807) is 6.07 Å². The number of nitrogens with one attached hydrogen (secondary N) is 1. The molecule has 0 spiro atoms. The van der Waals surface area contributed by atoms with Crippen LogP contribution >= 0.6 is 11.3 Å². The third-order valence-electron chi connectivity index (χ3n) is 1.64. The molecule has 1 nitrogen and oxygen atoms in total. The highest BCUT2D eigenvalue weighted by Crippen LogP contribution is 2.24. The number of thiophene rings is 1. The summed E-state index contributed by atoms with van der Waals surface area (Å²) in [6, 6.07) is 6.48. The first-order valence-corrected chi connectivity index (χ1v) is 4.31. The van der Waals surface area contributed by atoms with Gasteiger partial charge >= 0.3 is 0 Å². The van der Waals surface area contributed by atoms with E-state index in [0.29, 0.717) is 0 Å². The maximum atomic E-state index is 12.7. The molecule has 3 heteroatoms. The molecular weight excluding hydrogens is 173 g/mol. The summed E-state index contributed by atoms with van der Waals surface area (Å²) < 4.78 is 13.7. The molecule has 60 valence electrons. The Morgan fingerprint density at radius 3 is 2.92 bits per heavy atom. The number of fused-ring (bicyclic) bond motifs is 1. The van der Waals surface area contributed by atoms with Crippen molar-refractivity contribution in [2.45, 2.75) is 0 Å². The third kappa shape index (κ3) is 1.12. The van der Waals surface area contributed by atoms with Crippen LogP contribution in [0.25, 0.3) is 10.1 Å². The van der Waals surface area contributed by atoms with Crippen LogP contribution in [-0.4, -0.2) is 6.21 Å². The van der Waals surface area contributed by atoms with Gasteiger partial charge in [-0.15, -0.1) is 11.3 Å². The average Bonchev–Trinajstić information content (AvgIpc) is 2.46. The number of benzene rings is 1. The van der Waals surface area contributed by atoms with Crippen molar-refractivity contribution in [3.8, 4) is 0 Å². The Bertz CT molecular complexity index is 433. The van der Waals surface area contributed by atoms with Crippen LogP contribution in [0.5, 0.6) is 0 Å². The lowest BCUT2D eigenvalue weighted by Gasteiger charge is -1.86. The zero-order chi connectivity index (χ0) is 8.55. The van der Waals surface area contributed by atoms with Crippen molar-refractivity contribution in [1.29, 1.82) is 5.41 Å². The molecule has 2 aromatic rings. The van der Waals surface area contributed by atoms with Gasteiger partial charge in [0.05, 0.1) is 0 Å². The summed E-state index contributed by atoms with van der Waals surface area (Å²) >= 11 is 1.50. The lowest BCUT2D eigenvalue weighted by Crippen LogP contribution is -1.68. The van der Waals surface area contributed by atoms with E-state index < -0.39 is 0 Å². The smallest absolute Gasteiger partial charge is 0.123 e. The fourth-order valence-electron chi connectivity index (χ4n) is 1.11. The van der Waals surface area contributed by atoms with E-state index in [9.17, 15) is 4.39 Å². The van der Waals surface area contributed by atoms with Crippen molar-refractivity contribution in [1.82, 2.24) is 0 Å². The molecule has 1 aromatic heterocycles. The van der Waals surface area contributed by atoms with Gasteiger partial charge in [0.1, 0.15) is 5.82 Å². The predicted molar refractivity (Wildman–Crippen MR) is 49.7 cm³/mol. The van der Waals surface area contributed by atoms with E-state index >= 15 is 0 Å². The Morgan fingerprint density at radius 1 is 1.33 bits per heavy atom. The van der Waals surface area contributed by atoms with Gasteiger partial charge in [0.15, 0.2) is 0 Å². The summed E-state index contributed by atoms with van der Waals surface area (Å²) in [5.74, 6) is -0.225. The van der Waals surface area contributed by atoms with Gasteiger partial charge in [-0.1, -0.05) is 0 Å². The number of rotatable bonds is 1. The van der Waals surface area contributed by atoms with Gasteiger partial charge in [0, 0.05) is 15.8 Å². The van der Waals surface area contributed by atoms with Crippen LogP contribution in [-0.2, 0) is 0 Å². The average molecular weight is 179 g/mol. The van der Waals surface area contributed by atoms with Crippen LogP contribution in [0.1, 0.15) is 4.88 Å². The van der Waals surface area contributed by atoms with E-state index in [-0.39, 0.29) is 5.82 Å².